The van der Waals surface area contributed by atoms with Crippen molar-refractivity contribution in [3.05, 3.63) is 29.7 Å². The molecular formula is C10H13N3. The number of rotatable bonds is 2. The number of hydrogen-bond acceptors (Lipinski definition) is 2. The molecule has 0 saturated carbocycles. The van der Waals surface area contributed by atoms with E-state index >= 15 is 0 Å². The highest BCUT2D eigenvalue weighted by Crippen LogP contribution is 2.08. The lowest BCUT2D eigenvalue weighted by molar-refractivity contribution is 0.667. The van der Waals surface area contributed by atoms with Gasteiger partial charge in [-0.15, -0.1) is 0 Å². The van der Waals surface area contributed by atoms with Crippen LogP contribution in [0.4, 0.5) is 0 Å². The van der Waals surface area contributed by atoms with Crippen LogP contribution in [0.3, 0.4) is 0 Å². The Bertz CT molecular complexity index is 347. The molecule has 1 aromatic rings. The summed E-state index contributed by atoms with van der Waals surface area (Å²) in [5.41, 5.74) is 2.31. The minimum atomic E-state index is 0.796. The van der Waals surface area contributed by atoms with Crippen molar-refractivity contribution in [1.29, 1.82) is 0 Å². The average Bonchev–Trinajstić information content (AvgIpc) is 2.53. The second-order valence-corrected chi connectivity index (χ2v) is 3.30. The van der Waals surface area contributed by atoms with E-state index in [-0.39, 0.29) is 0 Å². The molecule has 0 spiro atoms. The molecule has 68 valence electrons. The van der Waals surface area contributed by atoms with E-state index in [1.807, 2.05) is 30.2 Å². The number of aryl methyl sites for hydroxylation is 1. The van der Waals surface area contributed by atoms with Gasteiger partial charge in [0.05, 0.1) is 18.4 Å². The zero-order chi connectivity index (χ0) is 9.10. The molecule has 1 aliphatic rings. The van der Waals surface area contributed by atoms with Crippen LogP contribution >= 0.6 is 0 Å². The maximum absolute atomic E-state index is 4.31. The maximum atomic E-state index is 4.31. The van der Waals surface area contributed by atoms with Crippen LogP contribution in [-0.4, -0.2) is 16.0 Å². The van der Waals surface area contributed by atoms with Gasteiger partial charge in [0.25, 0.3) is 0 Å². The Balaban J connectivity index is 2.05. The number of nitrogens with zero attached hydrogens (tertiary/aromatic N) is 3. The normalized spacial score (nSPS) is 15.9. The molecule has 0 saturated heterocycles. The molecule has 0 atom stereocenters. The van der Waals surface area contributed by atoms with Crippen molar-refractivity contribution in [3.63, 3.8) is 0 Å². The molecule has 3 heteroatoms. The topological polar surface area (TPSA) is 30.2 Å². The molecule has 1 aliphatic heterocycles. The average molecular weight is 175 g/mol. The first-order chi connectivity index (χ1) is 6.34. The minimum absolute atomic E-state index is 0.796. The van der Waals surface area contributed by atoms with Gasteiger partial charge in [0.1, 0.15) is 0 Å². The summed E-state index contributed by atoms with van der Waals surface area (Å²) in [5, 5.41) is 4.21. The Kier molecular flexibility index (Phi) is 2.25. The number of aliphatic imine (C=N–C) groups is 1. The fraction of sp³-hybridized carbons (Fsp3) is 0.400. The van der Waals surface area contributed by atoms with Crippen LogP contribution in [0, 0.1) is 6.92 Å². The summed E-state index contributed by atoms with van der Waals surface area (Å²) in [5.74, 6) is 0. The highest BCUT2D eigenvalue weighted by atomic mass is 15.3. The van der Waals surface area contributed by atoms with E-state index in [0.29, 0.717) is 0 Å². The molecule has 1 aromatic heterocycles. The summed E-state index contributed by atoms with van der Waals surface area (Å²) in [6.07, 6.45) is 10.2. The van der Waals surface area contributed by atoms with Gasteiger partial charge < -0.3 is 0 Å². The minimum Gasteiger partial charge on any atom is -0.266 e. The van der Waals surface area contributed by atoms with E-state index in [2.05, 4.69) is 16.2 Å². The molecule has 0 fully saturated rings. The number of aromatic nitrogens is 2. The van der Waals surface area contributed by atoms with E-state index in [1.54, 1.807) is 0 Å². The van der Waals surface area contributed by atoms with Gasteiger partial charge in [0.2, 0.25) is 0 Å². The molecular weight excluding hydrogens is 162 g/mol. The summed E-state index contributed by atoms with van der Waals surface area (Å²) in [4.78, 5) is 4.31. The quantitative estimate of drug-likeness (QED) is 0.675. The number of allylic oxidation sites excluding steroid dienone is 2. The lowest BCUT2D eigenvalue weighted by Gasteiger charge is -2.05. The summed E-state index contributed by atoms with van der Waals surface area (Å²) < 4.78 is 1.92. The zero-order valence-electron chi connectivity index (χ0n) is 7.77. The predicted octanol–water partition coefficient (Wildman–Crippen LogP) is 1.94. The molecule has 13 heavy (non-hydrogen) atoms. The molecule has 3 nitrogen and oxygen atoms in total. The van der Waals surface area contributed by atoms with Crippen molar-refractivity contribution in [2.24, 2.45) is 4.99 Å². The monoisotopic (exact) mass is 175 g/mol. The SMILES string of the molecule is Cc1cnn(CC2=CCCC=N2)c1. The van der Waals surface area contributed by atoms with E-state index < -0.39 is 0 Å². The van der Waals surface area contributed by atoms with Gasteiger partial charge in [-0.25, -0.2) is 0 Å². The second kappa shape index (κ2) is 3.56. The predicted molar refractivity (Wildman–Crippen MR) is 52.8 cm³/mol. The summed E-state index contributed by atoms with van der Waals surface area (Å²) in [6.45, 7) is 2.84. The van der Waals surface area contributed by atoms with Crippen molar-refractivity contribution in [1.82, 2.24) is 9.78 Å². The molecule has 0 N–H and O–H groups in total. The molecule has 2 rings (SSSR count). The second-order valence-electron chi connectivity index (χ2n) is 3.30. The summed E-state index contributed by atoms with van der Waals surface area (Å²) in [7, 11) is 0. The van der Waals surface area contributed by atoms with Gasteiger partial charge in [-0.1, -0.05) is 6.08 Å². The highest BCUT2D eigenvalue weighted by Gasteiger charge is 2.00. The Hall–Kier alpha value is -1.38. The lowest BCUT2D eigenvalue weighted by atomic mass is 10.2. The Morgan fingerprint density at radius 2 is 2.38 bits per heavy atom. The van der Waals surface area contributed by atoms with Crippen LogP contribution in [0.25, 0.3) is 0 Å². The molecule has 2 heterocycles. The third-order valence-electron chi connectivity index (χ3n) is 2.02. The third-order valence-corrected chi connectivity index (χ3v) is 2.02. The highest BCUT2D eigenvalue weighted by molar-refractivity contribution is 5.60. The van der Waals surface area contributed by atoms with Crippen LogP contribution in [-0.2, 0) is 6.54 Å². The third kappa shape index (κ3) is 2.05. The van der Waals surface area contributed by atoms with E-state index in [1.165, 1.54) is 5.56 Å². The summed E-state index contributed by atoms with van der Waals surface area (Å²) >= 11 is 0. The first kappa shape index (κ1) is 8.23. The molecule has 0 unspecified atom stereocenters. The Morgan fingerprint density at radius 3 is 3.00 bits per heavy atom. The fourth-order valence-corrected chi connectivity index (χ4v) is 1.38. The van der Waals surface area contributed by atoms with Gasteiger partial charge in [0.15, 0.2) is 0 Å². The largest absolute Gasteiger partial charge is 0.266 e. The van der Waals surface area contributed by atoms with E-state index in [9.17, 15) is 0 Å². The van der Waals surface area contributed by atoms with Crippen molar-refractivity contribution < 1.29 is 0 Å². The molecule has 0 aromatic carbocycles. The van der Waals surface area contributed by atoms with Crippen molar-refractivity contribution in [2.75, 3.05) is 0 Å². The Morgan fingerprint density at radius 1 is 1.46 bits per heavy atom. The van der Waals surface area contributed by atoms with Gasteiger partial charge in [-0.2, -0.15) is 5.10 Å². The van der Waals surface area contributed by atoms with Gasteiger partial charge in [-0.05, 0) is 25.3 Å². The van der Waals surface area contributed by atoms with Crippen LogP contribution < -0.4 is 0 Å². The summed E-state index contributed by atoms with van der Waals surface area (Å²) in [6, 6.07) is 0. The van der Waals surface area contributed by atoms with Gasteiger partial charge in [0, 0.05) is 12.4 Å². The first-order valence-electron chi connectivity index (χ1n) is 4.55. The van der Waals surface area contributed by atoms with Gasteiger partial charge in [-0.3, -0.25) is 9.67 Å². The van der Waals surface area contributed by atoms with Crippen LogP contribution in [0.2, 0.25) is 0 Å². The fourth-order valence-electron chi connectivity index (χ4n) is 1.38. The van der Waals surface area contributed by atoms with Crippen LogP contribution in [0.5, 0.6) is 0 Å². The lowest BCUT2D eigenvalue weighted by Crippen LogP contribution is -2.02. The zero-order valence-corrected chi connectivity index (χ0v) is 7.77. The van der Waals surface area contributed by atoms with E-state index in [0.717, 1.165) is 25.1 Å². The standard InChI is InChI=1S/C10H13N3/c1-9-6-12-13(7-9)8-10-4-2-3-5-11-10/h4-7H,2-3,8H2,1H3. The van der Waals surface area contributed by atoms with Gasteiger partial charge >= 0.3 is 0 Å². The number of hydrogen-bond donors (Lipinski definition) is 0. The Labute approximate surface area is 77.8 Å². The van der Waals surface area contributed by atoms with Crippen molar-refractivity contribution in [3.8, 4) is 0 Å². The molecule has 0 amide bonds. The maximum Gasteiger partial charge on any atom is 0.0827 e. The van der Waals surface area contributed by atoms with Crippen LogP contribution in [0.1, 0.15) is 18.4 Å². The van der Waals surface area contributed by atoms with Crippen LogP contribution in [0.15, 0.2) is 29.2 Å². The first-order valence-corrected chi connectivity index (χ1v) is 4.55. The smallest absolute Gasteiger partial charge is 0.0827 e. The molecule has 0 aliphatic carbocycles. The van der Waals surface area contributed by atoms with Crippen molar-refractivity contribution in [2.45, 2.75) is 26.3 Å². The van der Waals surface area contributed by atoms with Crippen molar-refractivity contribution >= 4 is 6.21 Å². The molecule has 0 bridgehead atoms. The van der Waals surface area contributed by atoms with E-state index in [4.69, 9.17) is 0 Å². The molecule has 0 radical (unpaired) electrons.